The van der Waals surface area contributed by atoms with Gasteiger partial charge < -0.3 is 29.7 Å². The molecule has 0 bridgehead atoms. The van der Waals surface area contributed by atoms with E-state index >= 15 is 0 Å². The van der Waals surface area contributed by atoms with E-state index in [9.17, 15) is 26.5 Å². The highest BCUT2D eigenvalue weighted by molar-refractivity contribution is 7.71. The summed E-state index contributed by atoms with van der Waals surface area (Å²) in [6.07, 6.45) is -5.03. The minimum atomic E-state index is -4.44. The molecule has 6 nitrogen and oxygen atoms in total. The first-order valence-corrected chi connectivity index (χ1v) is 17.4. The Morgan fingerprint density at radius 1 is 1.09 bits per heavy atom. The molecule has 44 heavy (non-hydrogen) atoms. The van der Waals surface area contributed by atoms with Crippen LogP contribution in [0.4, 0.5) is 33.3 Å². The van der Waals surface area contributed by atoms with Gasteiger partial charge in [-0.15, -0.1) is 11.3 Å². The van der Waals surface area contributed by atoms with Gasteiger partial charge in [-0.1, -0.05) is 24.0 Å². The number of fused-ring (bicyclic) bond motifs is 1. The molecule has 2 fully saturated rings. The van der Waals surface area contributed by atoms with Crippen LogP contribution in [0.3, 0.4) is 0 Å². The standard InChI is InChI=1S/C31H36F5N4O2PS/c1-39-13-15-43(41,16-14-39)21-8-9-26(28(17-21)42-20-32)37-11-4-7-29-23(18-31(34,35)36)22-5-3-6-27(30(22)44-29)38-25-10-12-40(2)19-24(25)33/h3,5-6,8-9,17,24-25,37-38H,10-16,18-20H2,1-2H3/t24-,25-/m1/s1. The number of likely N-dealkylation sites (tertiary alicyclic amines) is 1. The first-order chi connectivity index (χ1) is 21.0. The normalized spacial score (nSPS) is 21.1. The quantitative estimate of drug-likeness (QED) is 0.172. The third-order valence-corrected chi connectivity index (χ3v) is 12.4. The Bertz CT molecular complexity index is 1570. The van der Waals surface area contributed by atoms with E-state index in [-0.39, 0.29) is 22.7 Å². The fraction of sp³-hybridized carbons (Fsp3) is 0.484. The van der Waals surface area contributed by atoms with Gasteiger partial charge in [0.05, 0.1) is 40.0 Å². The molecule has 3 heterocycles. The lowest BCUT2D eigenvalue weighted by Gasteiger charge is -2.33. The molecule has 0 unspecified atom stereocenters. The summed E-state index contributed by atoms with van der Waals surface area (Å²) >= 11 is 1.15. The van der Waals surface area contributed by atoms with Gasteiger partial charge in [-0.25, -0.2) is 8.78 Å². The van der Waals surface area contributed by atoms with Gasteiger partial charge in [0.25, 0.3) is 0 Å². The number of halogens is 5. The van der Waals surface area contributed by atoms with Crippen LogP contribution in [-0.4, -0.2) is 94.2 Å². The Labute approximate surface area is 258 Å². The molecule has 3 aromatic rings. The fourth-order valence-electron chi connectivity index (χ4n) is 5.68. The number of rotatable bonds is 8. The predicted molar refractivity (Wildman–Crippen MR) is 169 cm³/mol. The smallest absolute Gasteiger partial charge is 0.393 e. The van der Waals surface area contributed by atoms with Crippen LogP contribution in [0, 0.1) is 11.8 Å². The van der Waals surface area contributed by atoms with E-state index in [1.54, 1.807) is 36.4 Å². The molecule has 238 valence electrons. The maximum absolute atomic E-state index is 14.7. The molecule has 0 amide bonds. The molecule has 5 rings (SSSR count). The number of anilines is 2. The van der Waals surface area contributed by atoms with E-state index in [1.165, 1.54) is 0 Å². The topological polar surface area (TPSA) is 56.8 Å². The van der Waals surface area contributed by atoms with Crippen LogP contribution in [-0.2, 0) is 11.0 Å². The molecule has 0 spiro atoms. The van der Waals surface area contributed by atoms with Crippen LogP contribution in [0.2, 0.25) is 0 Å². The Balaban J connectivity index is 1.37. The number of benzene rings is 2. The Morgan fingerprint density at radius 3 is 2.57 bits per heavy atom. The van der Waals surface area contributed by atoms with Crippen LogP contribution < -0.4 is 20.7 Å². The molecule has 0 aliphatic carbocycles. The summed E-state index contributed by atoms with van der Waals surface area (Å²) in [6, 6.07) is 9.67. The van der Waals surface area contributed by atoms with Crippen molar-refractivity contribution in [3.63, 3.8) is 0 Å². The van der Waals surface area contributed by atoms with Crippen molar-refractivity contribution in [2.75, 3.05) is 76.6 Å². The summed E-state index contributed by atoms with van der Waals surface area (Å²) in [6.45, 7) is 1.42. The number of piperidine rings is 1. The lowest BCUT2D eigenvalue weighted by atomic mass is 10.0. The summed E-state index contributed by atoms with van der Waals surface area (Å²) in [5, 5.41) is 7.37. The molecule has 2 N–H and O–H groups in total. The van der Waals surface area contributed by atoms with Crippen LogP contribution in [0.15, 0.2) is 36.4 Å². The molecule has 0 saturated carbocycles. The van der Waals surface area contributed by atoms with Gasteiger partial charge in [0.1, 0.15) is 19.1 Å². The van der Waals surface area contributed by atoms with Crippen molar-refractivity contribution in [2.24, 2.45) is 0 Å². The van der Waals surface area contributed by atoms with E-state index in [4.69, 9.17) is 4.74 Å². The molecule has 2 saturated heterocycles. The molecule has 1 aromatic heterocycles. The van der Waals surface area contributed by atoms with Gasteiger partial charge >= 0.3 is 6.18 Å². The average Bonchev–Trinajstić information content (AvgIpc) is 3.31. The predicted octanol–water partition coefficient (Wildman–Crippen LogP) is 6.16. The minimum absolute atomic E-state index is 0.0500. The second-order valence-corrected chi connectivity index (χ2v) is 15.6. The number of hydrogen-bond acceptors (Lipinski definition) is 7. The second-order valence-electron chi connectivity index (χ2n) is 11.4. The molecular formula is C31H36F5N4O2PS. The van der Waals surface area contributed by atoms with E-state index in [0.717, 1.165) is 17.9 Å². The number of nitrogens with one attached hydrogen (secondary N) is 2. The molecule has 0 radical (unpaired) electrons. The maximum atomic E-state index is 14.7. The number of hydrogen-bond donors (Lipinski definition) is 2. The zero-order valence-electron chi connectivity index (χ0n) is 24.6. The van der Waals surface area contributed by atoms with Crippen molar-refractivity contribution in [1.29, 1.82) is 0 Å². The van der Waals surface area contributed by atoms with Crippen LogP contribution in [0.1, 0.15) is 16.9 Å². The summed E-state index contributed by atoms with van der Waals surface area (Å²) in [4.78, 5) is 4.31. The van der Waals surface area contributed by atoms with Crippen molar-refractivity contribution in [3.8, 4) is 17.6 Å². The molecule has 2 aromatic carbocycles. The largest absolute Gasteiger partial charge is 0.461 e. The number of thiophene rings is 1. The highest BCUT2D eigenvalue weighted by Crippen LogP contribution is 2.47. The Kier molecular flexibility index (Phi) is 10.1. The first-order valence-electron chi connectivity index (χ1n) is 14.5. The van der Waals surface area contributed by atoms with Crippen LogP contribution in [0.5, 0.6) is 5.75 Å². The zero-order valence-corrected chi connectivity index (χ0v) is 26.4. The van der Waals surface area contributed by atoms with Gasteiger partial charge in [0.2, 0.25) is 6.86 Å². The van der Waals surface area contributed by atoms with Gasteiger partial charge in [0.15, 0.2) is 0 Å². The summed E-state index contributed by atoms with van der Waals surface area (Å²) in [5.41, 5.74) is 1.12. The minimum Gasteiger partial charge on any atom is -0.461 e. The Morgan fingerprint density at radius 2 is 1.86 bits per heavy atom. The number of ether oxygens (including phenoxy) is 1. The van der Waals surface area contributed by atoms with Crippen LogP contribution >= 0.6 is 18.5 Å². The second kappa shape index (κ2) is 13.7. The molecule has 2 aliphatic heterocycles. The first kappa shape index (κ1) is 32.6. The van der Waals surface area contributed by atoms with Crippen molar-refractivity contribution < 1.29 is 31.3 Å². The summed E-state index contributed by atoms with van der Waals surface area (Å²) < 4.78 is 88.2. The third-order valence-electron chi connectivity index (χ3n) is 8.18. The monoisotopic (exact) mass is 654 g/mol. The van der Waals surface area contributed by atoms with Crippen molar-refractivity contribution in [2.45, 2.75) is 31.2 Å². The zero-order chi connectivity index (χ0) is 31.5. The highest BCUT2D eigenvalue weighted by atomic mass is 32.1. The molecule has 13 heteroatoms. The van der Waals surface area contributed by atoms with Gasteiger partial charge in [0, 0.05) is 43.8 Å². The van der Waals surface area contributed by atoms with E-state index in [2.05, 4.69) is 27.4 Å². The molecular weight excluding hydrogens is 618 g/mol. The van der Waals surface area contributed by atoms with Crippen molar-refractivity contribution in [3.05, 3.63) is 46.8 Å². The Hall–Kier alpha value is -2.84. The van der Waals surface area contributed by atoms with Gasteiger partial charge in [-0.2, -0.15) is 13.2 Å². The fourth-order valence-corrected chi connectivity index (χ4v) is 9.62. The van der Waals surface area contributed by atoms with E-state index < -0.39 is 38.8 Å². The molecule has 2 atom stereocenters. The number of alkyl halides is 5. The van der Waals surface area contributed by atoms with Gasteiger partial charge in [-0.05, 0) is 55.7 Å². The average molecular weight is 655 g/mol. The lowest BCUT2D eigenvalue weighted by molar-refractivity contribution is -0.126. The molecule has 2 aliphatic rings. The maximum Gasteiger partial charge on any atom is 0.393 e. The third kappa shape index (κ3) is 7.68. The van der Waals surface area contributed by atoms with E-state index in [1.807, 2.05) is 19.0 Å². The summed E-state index contributed by atoms with van der Waals surface area (Å²) in [7, 11) is 1.21. The van der Waals surface area contributed by atoms with Crippen molar-refractivity contribution >= 4 is 45.2 Å². The summed E-state index contributed by atoms with van der Waals surface area (Å²) in [5.74, 6) is 6.00. The number of nitrogens with zero attached hydrogens (tertiary/aromatic N) is 2. The SMILES string of the molecule is CN1CCP(=O)(c2ccc(NCC#Cc3sc4c(N[C@@H]5CCN(C)C[C@H]5F)cccc4c3CC(F)(F)F)c(OCF)c2)CC1. The van der Waals surface area contributed by atoms with Crippen molar-refractivity contribution in [1.82, 2.24) is 9.80 Å². The lowest BCUT2D eigenvalue weighted by Crippen LogP contribution is -2.46. The van der Waals surface area contributed by atoms with Crippen LogP contribution in [0.25, 0.3) is 10.1 Å². The van der Waals surface area contributed by atoms with E-state index in [0.29, 0.717) is 65.1 Å². The highest BCUT2D eigenvalue weighted by Gasteiger charge is 2.33. The van der Waals surface area contributed by atoms with Gasteiger partial charge in [-0.3, -0.25) is 0 Å².